The summed E-state index contributed by atoms with van der Waals surface area (Å²) < 4.78 is 39.8. The van der Waals surface area contributed by atoms with Crippen LogP contribution >= 0.6 is 12.2 Å². The van der Waals surface area contributed by atoms with E-state index in [2.05, 4.69) is 5.32 Å². The molecule has 0 aromatic heterocycles. The van der Waals surface area contributed by atoms with E-state index in [0.29, 0.717) is 12.1 Å². The van der Waals surface area contributed by atoms with Gasteiger partial charge < -0.3 is 11.1 Å². The number of rotatable bonds is 5. The number of nitrogens with one attached hydrogen (secondary N) is 1. The van der Waals surface area contributed by atoms with Crippen molar-refractivity contribution in [1.29, 1.82) is 0 Å². The molecular formula is C13H15F3N2OS. The molecule has 0 aliphatic heterocycles. The van der Waals surface area contributed by atoms with Gasteiger partial charge in [0, 0.05) is 12.1 Å². The van der Waals surface area contributed by atoms with Gasteiger partial charge in [0.1, 0.15) is 11.5 Å². The molecule has 0 saturated carbocycles. The van der Waals surface area contributed by atoms with Crippen molar-refractivity contribution in [2.75, 3.05) is 5.32 Å². The van der Waals surface area contributed by atoms with Crippen LogP contribution in [0.15, 0.2) is 12.1 Å². The van der Waals surface area contributed by atoms with Crippen LogP contribution < -0.4 is 11.1 Å². The van der Waals surface area contributed by atoms with Gasteiger partial charge in [-0.1, -0.05) is 26.1 Å². The van der Waals surface area contributed by atoms with Crippen molar-refractivity contribution in [2.45, 2.75) is 26.7 Å². The molecule has 0 saturated heterocycles. The summed E-state index contributed by atoms with van der Waals surface area (Å²) in [4.78, 5) is 12.2. The zero-order chi connectivity index (χ0) is 15.5. The molecule has 0 fully saturated rings. The maximum absolute atomic E-state index is 13.5. The largest absolute Gasteiger partial charge is 0.392 e. The molecule has 0 aliphatic carbocycles. The van der Waals surface area contributed by atoms with Crippen molar-refractivity contribution in [2.24, 2.45) is 11.1 Å². The topological polar surface area (TPSA) is 55.1 Å². The molecule has 0 unspecified atom stereocenters. The van der Waals surface area contributed by atoms with Gasteiger partial charge in [-0.2, -0.15) is 0 Å². The Bertz CT molecular complexity index is 521. The van der Waals surface area contributed by atoms with Gasteiger partial charge in [0.25, 0.3) is 0 Å². The summed E-state index contributed by atoms with van der Waals surface area (Å²) in [7, 11) is 0. The number of hydrogen-bond acceptors (Lipinski definition) is 2. The summed E-state index contributed by atoms with van der Waals surface area (Å²) in [6.07, 6.45) is 0.574. The summed E-state index contributed by atoms with van der Waals surface area (Å²) in [5.41, 5.74) is 3.67. The number of hydrogen-bond donors (Lipinski definition) is 2. The van der Waals surface area contributed by atoms with Gasteiger partial charge in [0.15, 0.2) is 11.6 Å². The maximum atomic E-state index is 13.5. The molecule has 20 heavy (non-hydrogen) atoms. The Kier molecular flexibility index (Phi) is 5.10. The zero-order valence-corrected chi connectivity index (χ0v) is 11.9. The molecule has 0 atom stereocenters. The normalized spacial score (nSPS) is 11.2. The Morgan fingerprint density at radius 1 is 1.25 bits per heavy atom. The Labute approximate surface area is 120 Å². The smallest absolute Gasteiger partial charge is 0.237 e. The number of halogens is 3. The summed E-state index contributed by atoms with van der Waals surface area (Å²) in [5, 5.41) is 2.11. The van der Waals surface area contributed by atoms with Crippen LogP contribution in [-0.2, 0) is 4.79 Å². The Morgan fingerprint density at radius 2 is 1.70 bits per heavy atom. The lowest BCUT2D eigenvalue weighted by atomic mass is 9.81. The summed E-state index contributed by atoms with van der Waals surface area (Å²) in [6.45, 7) is 3.39. The van der Waals surface area contributed by atoms with Crippen molar-refractivity contribution in [3.63, 3.8) is 0 Å². The van der Waals surface area contributed by atoms with Gasteiger partial charge in [-0.25, -0.2) is 13.2 Å². The second-order valence-electron chi connectivity index (χ2n) is 4.35. The van der Waals surface area contributed by atoms with Crippen LogP contribution in [0, 0.1) is 22.9 Å². The number of anilines is 1. The summed E-state index contributed by atoms with van der Waals surface area (Å²) in [6, 6.07) is 0.970. The SMILES string of the molecule is CCC(CC)(C(=O)Nc1c(F)cc(F)cc1F)C(N)=S. The second kappa shape index (κ2) is 6.21. The van der Waals surface area contributed by atoms with E-state index in [9.17, 15) is 18.0 Å². The number of carbonyl (C=O) groups excluding carboxylic acids is 1. The standard InChI is InChI=1S/C13H15F3N2OS/c1-3-13(4-2,11(17)20)12(19)18-10-8(15)5-7(14)6-9(10)16/h5-6H,3-4H2,1-2H3,(H2,17,20)(H,18,19). The van der Waals surface area contributed by atoms with E-state index >= 15 is 0 Å². The van der Waals surface area contributed by atoms with Crippen molar-refractivity contribution in [3.8, 4) is 0 Å². The van der Waals surface area contributed by atoms with Crippen LogP contribution in [0.1, 0.15) is 26.7 Å². The fourth-order valence-corrected chi connectivity index (χ4v) is 2.31. The lowest BCUT2D eigenvalue weighted by Crippen LogP contribution is -2.45. The van der Waals surface area contributed by atoms with E-state index < -0.39 is 34.5 Å². The third-order valence-corrected chi connectivity index (χ3v) is 3.75. The first kappa shape index (κ1) is 16.4. The van der Waals surface area contributed by atoms with E-state index in [1.807, 2.05) is 0 Å². The number of thiocarbonyl (C=S) groups is 1. The third kappa shape index (κ3) is 2.92. The van der Waals surface area contributed by atoms with E-state index in [1.54, 1.807) is 13.8 Å². The molecule has 1 rings (SSSR count). The number of nitrogens with two attached hydrogens (primary N) is 1. The van der Waals surface area contributed by atoms with Crippen LogP contribution in [0.2, 0.25) is 0 Å². The maximum Gasteiger partial charge on any atom is 0.237 e. The molecule has 110 valence electrons. The highest BCUT2D eigenvalue weighted by Gasteiger charge is 2.38. The lowest BCUT2D eigenvalue weighted by Gasteiger charge is -2.29. The quantitative estimate of drug-likeness (QED) is 0.822. The molecule has 1 aromatic rings. The number of amides is 1. The van der Waals surface area contributed by atoms with E-state index in [1.165, 1.54) is 0 Å². The zero-order valence-electron chi connectivity index (χ0n) is 11.1. The average Bonchev–Trinajstić information content (AvgIpc) is 2.35. The Morgan fingerprint density at radius 3 is 2.05 bits per heavy atom. The van der Waals surface area contributed by atoms with Gasteiger partial charge in [-0.05, 0) is 12.8 Å². The van der Waals surface area contributed by atoms with Crippen LogP contribution in [0.5, 0.6) is 0 Å². The number of carbonyl (C=O) groups is 1. The van der Waals surface area contributed by atoms with Crippen LogP contribution in [0.25, 0.3) is 0 Å². The van der Waals surface area contributed by atoms with E-state index in [0.717, 1.165) is 0 Å². The van der Waals surface area contributed by atoms with Gasteiger partial charge in [0.05, 0.1) is 10.4 Å². The van der Waals surface area contributed by atoms with Crippen molar-refractivity contribution in [1.82, 2.24) is 0 Å². The average molecular weight is 304 g/mol. The van der Waals surface area contributed by atoms with Gasteiger partial charge in [-0.3, -0.25) is 4.79 Å². The summed E-state index contributed by atoms with van der Waals surface area (Å²) in [5.74, 6) is -4.16. The lowest BCUT2D eigenvalue weighted by molar-refractivity contribution is -0.122. The van der Waals surface area contributed by atoms with Crippen LogP contribution in [0.3, 0.4) is 0 Å². The molecule has 0 spiro atoms. The Balaban J connectivity index is 3.16. The second-order valence-corrected chi connectivity index (χ2v) is 4.79. The molecule has 3 nitrogen and oxygen atoms in total. The van der Waals surface area contributed by atoms with Crippen LogP contribution in [-0.4, -0.2) is 10.9 Å². The predicted octanol–water partition coefficient (Wildman–Crippen LogP) is 3.13. The van der Waals surface area contributed by atoms with E-state index in [4.69, 9.17) is 18.0 Å². The molecule has 1 aromatic carbocycles. The minimum atomic E-state index is -1.19. The Hall–Kier alpha value is -1.63. The molecule has 0 heterocycles. The van der Waals surface area contributed by atoms with Crippen molar-refractivity contribution in [3.05, 3.63) is 29.6 Å². The first-order valence-corrected chi connectivity index (χ1v) is 6.45. The first-order chi connectivity index (χ1) is 9.28. The molecule has 0 bridgehead atoms. The minimum absolute atomic E-state index is 0.0528. The monoisotopic (exact) mass is 304 g/mol. The van der Waals surface area contributed by atoms with Gasteiger partial charge in [-0.15, -0.1) is 0 Å². The van der Waals surface area contributed by atoms with Gasteiger partial charge >= 0.3 is 0 Å². The molecular weight excluding hydrogens is 289 g/mol. The van der Waals surface area contributed by atoms with Crippen molar-refractivity contribution < 1.29 is 18.0 Å². The molecule has 0 radical (unpaired) electrons. The fraction of sp³-hybridized carbons (Fsp3) is 0.385. The highest BCUT2D eigenvalue weighted by atomic mass is 32.1. The third-order valence-electron chi connectivity index (χ3n) is 3.36. The predicted molar refractivity (Wildman–Crippen MR) is 74.7 cm³/mol. The molecule has 0 aliphatic rings. The van der Waals surface area contributed by atoms with Crippen molar-refractivity contribution >= 4 is 28.8 Å². The number of benzene rings is 1. The van der Waals surface area contributed by atoms with E-state index in [-0.39, 0.29) is 17.8 Å². The summed E-state index contributed by atoms with van der Waals surface area (Å²) >= 11 is 4.88. The van der Waals surface area contributed by atoms with Gasteiger partial charge in [0.2, 0.25) is 5.91 Å². The molecule has 1 amide bonds. The first-order valence-electron chi connectivity index (χ1n) is 6.04. The molecule has 7 heteroatoms. The fourth-order valence-electron chi connectivity index (χ4n) is 1.93. The molecule has 3 N–H and O–H groups in total. The highest BCUT2D eigenvalue weighted by Crippen LogP contribution is 2.30. The minimum Gasteiger partial charge on any atom is -0.392 e. The highest BCUT2D eigenvalue weighted by molar-refractivity contribution is 7.80. The van der Waals surface area contributed by atoms with Crippen LogP contribution in [0.4, 0.5) is 18.9 Å².